The highest BCUT2D eigenvalue weighted by Gasteiger charge is 2.11. The van der Waals surface area contributed by atoms with Crippen LogP contribution in [0.25, 0.3) is 0 Å². The molecule has 2 N–H and O–H groups in total. The van der Waals surface area contributed by atoms with Gasteiger partial charge in [0.05, 0.1) is 12.3 Å². The van der Waals surface area contributed by atoms with E-state index in [1.807, 2.05) is 19.1 Å². The molecule has 0 spiro atoms. The number of ether oxygens (including phenoxy) is 1. The van der Waals surface area contributed by atoms with Crippen molar-refractivity contribution in [3.63, 3.8) is 0 Å². The summed E-state index contributed by atoms with van der Waals surface area (Å²) in [4.78, 5) is 20.5. The number of nitrogens with one attached hydrogen (secondary N) is 2. The zero-order valence-electron chi connectivity index (χ0n) is 12.4. The van der Waals surface area contributed by atoms with Crippen LogP contribution in [0, 0.1) is 0 Å². The number of amides is 1. The first-order valence-electron chi connectivity index (χ1n) is 6.95. The zero-order chi connectivity index (χ0) is 15.8. The topological polar surface area (TPSA) is 76.1 Å². The van der Waals surface area contributed by atoms with Crippen LogP contribution in [0.1, 0.15) is 17.4 Å². The molecule has 0 aliphatic carbocycles. The maximum absolute atomic E-state index is 12.3. The first-order valence-corrected chi connectivity index (χ1v) is 6.95. The summed E-state index contributed by atoms with van der Waals surface area (Å²) in [5.41, 5.74) is 0.876. The van der Waals surface area contributed by atoms with Crippen molar-refractivity contribution in [3.8, 4) is 5.75 Å². The van der Waals surface area contributed by atoms with Gasteiger partial charge in [0.15, 0.2) is 0 Å². The van der Waals surface area contributed by atoms with Crippen molar-refractivity contribution in [1.82, 2.24) is 9.97 Å². The summed E-state index contributed by atoms with van der Waals surface area (Å²) in [5, 5.41) is 5.73. The van der Waals surface area contributed by atoms with Crippen LogP contribution < -0.4 is 15.4 Å². The second kappa shape index (κ2) is 7.78. The van der Waals surface area contributed by atoms with Gasteiger partial charge in [-0.15, -0.1) is 6.58 Å². The summed E-state index contributed by atoms with van der Waals surface area (Å²) < 4.78 is 5.48. The molecule has 0 saturated heterocycles. The third-order valence-corrected chi connectivity index (χ3v) is 2.73. The van der Waals surface area contributed by atoms with E-state index in [1.54, 1.807) is 24.3 Å². The molecule has 0 aliphatic rings. The molecule has 0 atom stereocenters. The maximum Gasteiger partial charge on any atom is 0.274 e. The molecule has 0 fully saturated rings. The van der Waals surface area contributed by atoms with E-state index in [4.69, 9.17) is 4.74 Å². The molecule has 1 aromatic heterocycles. The van der Waals surface area contributed by atoms with Crippen LogP contribution in [0.15, 0.2) is 49.2 Å². The lowest BCUT2D eigenvalue weighted by molar-refractivity contribution is 0.102. The number of aromatic nitrogens is 2. The van der Waals surface area contributed by atoms with E-state index >= 15 is 0 Å². The predicted octanol–water partition coefficient (Wildman–Crippen LogP) is 2.73. The van der Waals surface area contributed by atoms with Crippen molar-refractivity contribution < 1.29 is 9.53 Å². The molecule has 1 aromatic carbocycles. The number of carbonyl (C=O) groups is 1. The highest BCUT2D eigenvalue weighted by molar-refractivity contribution is 6.03. The van der Waals surface area contributed by atoms with E-state index in [-0.39, 0.29) is 11.6 Å². The minimum Gasteiger partial charge on any atom is -0.492 e. The summed E-state index contributed by atoms with van der Waals surface area (Å²) in [6.07, 6.45) is 3.22. The summed E-state index contributed by atoms with van der Waals surface area (Å²) >= 11 is 0. The molecular weight excluding hydrogens is 280 g/mol. The van der Waals surface area contributed by atoms with Crippen LogP contribution in [0.2, 0.25) is 0 Å². The molecule has 0 unspecified atom stereocenters. The van der Waals surface area contributed by atoms with E-state index in [2.05, 4.69) is 27.2 Å². The molecule has 1 amide bonds. The van der Waals surface area contributed by atoms with Crippen molar-refractivity contribution >= 4 is 17.5 Å². The van der Waals surface area contributed by atoms with E-state index in [9.17, 15) is 4.79 Å². The molecular formula is C16H18N4O2. The van der Waals surface area contributed by atoms with Gasteiger partial charge in [0.1, 0.15) is 11.4 Å². The van der Waals surface area contributed by atoms with Crippen LogP contribution in [0.5, 0.6) is 5.75 Å². The number of para-hydroxylation sites is 2. The molecule has 0 saturated carbocycles. The van der Waals surface area contributed by atoms with Crippen LogP contribution in [-0.4, -0.2) is 29.0 Å². The van der Waals surface area contributed by atoms with Crippen LogP contribution in [-0.2, 0) is 0 Å². The molecule has 114 valence electrons. The minimum atomic E-state index is -0.323. The van der Waals surface area contributed by atoms with Crippen molar-refractivity contribution in [2.24, 2.45) is 0 Å². The summed E-state index contributed by atoms with van der Waals surface area (Å²) in [5.74, 6) is 0.680. The van der Waals surface area contributed by atoms with E-state index < -0.39 is 0 Å². The van der Waals surface area contributed by atoms with Gasteiger partial charge in [0.25, 0.3) is 5.91 Å². The van der Waals surface area contributed by atoms with Gasteiger partial charge in [-0.2, -0.15) is 0 Å². The smallest absolute Gasteiger partial charge is 0.274 e. The number of benzene rings is 1. The second-order valence-electron chi connectivity index (χ2n) is 4.32. The lowest BCUT2D eigenvalue weighted by Crippen LogP contribution is -2.16. The molecule has 22 heavy (non-hydrogen) atoms. The van der Waals surface area contributed by atoms with Crippen molar-refractivity contribution in [1.29, 1.82) is 0 Å². The second-order valence-corrected chi connectivity index (χ2v) is 4.32. The molecule has 0 radical (unpaired) electrons. The molecule has 6 heteroatoms. The molecule has 2 rings (SSSR count). The Bertz CT molecular complexity index is 658. The van der Waals surface area contributed by atoms with Gasteiger partial charge in [0.2, 0.25) is 5.95 Å². The van der Waals surface area contributed by atoms with E-state index in [0.29, 0.717) is 30.5 Å². The maximum atomic E-state index is 12.3. The molecule has 1 heterocycles. The highest BCUT2D eigenvalue weighted by atomic mass is 16.5. The fourth-order valence-electron chi connectivity index (χ4n) is 1.77. The van der Waals surface area contributed by atoms with Crippen LogP contribution >= 0.6 is 0 Å². The fraction of sp³-hybridized carbons (Fsp3) is 0.188. The van der Waals surface area contributed by atoms with Gasteiger partial charge in [-0.3, -0.25) is 4.79 Å². The monoisotopic (exact) mass is 298 g/mol. The van der Waals surface area contributed by atoms with Gasteiger partial charge in [0, 0.05) is 12.7 Å². The van der Waals surface area contributed by atoms with Crippen molar-refractivity contribution in [3.05, 3.63) is 54.9 Å². The average Bonchev–Trinajstić information content (AvgIpc) is 2.55. The number of anilines is 2. The van der Waals surface area contributed by atoms with Gasteiger partial charge >= 0.3 is 0 Å². The molecule has 0 aliphatic heterocycles. The fourth-order valence-corrected chi connectivity index (χ4v) is 1.77. The number of rotatable bonds is 7. The Morgan fingerprint density at radius 2 is 2.18 bits per heavy atom. The summed E-state index contributed by atoms with van der Waals surface area (Å²) in [6, 6.07) is 8.81. The SMILES string of the molecule is C=CCNc1nccc(C(=O)Nc2ccccc2OCC)n1. The van der Waals surface area contributed by atoms with Gasteiger partial charge in [-0.1, -0.05) is 18.2 Å². The zero-order valence-corrected chi connectivity index (χ0v) is 12.4. The third kappa shape index (κ3) is 4.05. The summed E-state index contributed by atoms with van der Waals surface area (Å²) in [6.45, 7) is 6.54. The van der Waals surface area contributed by atoms with Gasteiger partial charge in [-0.05, 0) is 25.1 Å². The van der Waals surface area contributed by atoms with Crippen LogP contribution in [0.3, 0.4) is 0 Å². The van der Waals surface area contributed by atoms with Crippen molar-refractivity contribution in [2.45, 2.75) is 6.92 Å². The number of hydrogen-bond acceptors (Lipinski definition) is 5. The molecule has 6 nitrogen and oxygen atoms in total. The third-order valence-electron chi connectivity index (χ3n) is 2.73. The van der Waals surface area contributed by atoms with Crippen molar-refractivity contribution in [2.75, 3.05) is 23.8 Å². The standard InChI is InChI=1S/C16H18N4O2/c1-3-10-17-16-18-11-9-13(20-16)15(21)19-12-7-5-6-8-14(12)22-4-2/h3,5-9,11H,1,4,10H2,2H3,(H,19,21)(H,17,18,20). The Hall–Kier alpha value is -2.89. The average molecular weight is 298 g/mol. The Morgan fingerprint density at radius 1 is 1.36 bits per heavy atom. The van der Waals surface area contributed by atoms with E-state index in [1.165, 1.54) is 6.20 Å². The number of carbonyl (C=O) groups excluding carboxylic acids is 1. The van der Waals surface area contributed by atoms with Gasteiger partial charge in [-0.25, -0.2) is 9.97 Å². The first-order chi connectivity index (χ1) is 10.7. The normalized spacial score (nSPS) is 9.86. The molecule has 0 bridgehead atoms. The van der Waals surface area contributed by atoms with Crippen LogP contribution in [0.4, 0.5) is 11.6 Å². The lowest BCUT2D eigenvalue weighted by Gasteiger charge is -2.11. The Labute approximate surface area is 129 Å². The Morgan fingerprint density at radius 3 is 2.95 bits per heavy atom. The lowest BCUT2D eigenvalue weighted by atomic mass is 10.2. The number of nitrogens with zero attached hydrogens (tertiary/aromatic N) is 2. The Kier molecular flexibility index (Phi) is 5.48. The highest BCUT2D eigenvalue weighted by Crippen LogP contribution is 2.24. The minimum absolute atomic E-state index is 0.271. The predicted molar refractivity (Wildman–Crippen MR) is 86.3 cm³/mol. The first kappa shape index (κ1) is 15.5. The Balaban J connectivity index is 2.13. The molecule has 2 aromatic rings. The number of hydrogen-bond donors (Lipinski definition) is 2. The van der Waals surface area contributed by atoms with E-state index in [0.717, 1.165) is 0 Å². The quantitative estimate of drug-likeness (QED) is 0.769. The largest absolute Gasteiger partial charge is 0.492 e. The summed E-state index contributed by atoms with van der Waals surface area (Å²) in [7, 11) is 0. The van der Waals surface area contributed by atoms with Gasteiger partial charge < -0.3 is 15.4 Å².